The summed E-state index contributed by atoms with van der Waals surface area (Å²) in [5.41, 5.74) is -1.47. The third kappa shape index (κ3) is 4.18. The molecule has 0 radical (unpaired) electrons. The first-order valence-electron chi connectivity index (χ1n) is 6.42. The molecule has 0 aliphatic heterocycles. The molecular weight excluding hydrogens is 340 g/mol. The highest BCUT2D eigenvalue weighted by Crippen LogP contribution is 2.30. The molecule has 0 aliphatic rings. The number of carbonyl (C=O) groups excluding carboxylic acids is 1. The standard InChI is InChI=1S/C15H9F6NO2/c16-10-5-6-11(14(18)13(10)17)22-12(23)7-24-9-3-1-8(2-4-9)15(19,20)21/h1-6H,7H2,(H,22,23). The Bertz CT molecular complexity index is 743. The number of rotatable bonds is 4. The fourth-order valence-corrected chi connectivity index (χ4v) is 1.70. The van der Waals surface area contributed by atoms with Gasteiger partial charge < -0.3 is 10.1 Å². The van der Waals surface area contributed by atoms with E-state index in [4.69, 9.17) is 4.74 Å². The lowest BCUT2D eigenvalue weighted by molar-refractivity contribution is -0.137. The van der Waals surface area contributed by atoms with Gasteiger partial charge in [0.1, 0.15) is 5.75 Å². The topological polar surface area (TPSA) is 38.3 Å². The lowest BCUT2D eigenvalue weighted by Crippen LogP contribution is -2.21. The molecule has 2 aromatic carbocycles. The molecule has 0 heterocycles. The largest absolute Gasteiger partial charge is 0.484 e. The van der Waals surface area contributed by atoms with Gasteiger partial charge >= 0.3 is 6.18 Å². The summed E-state index contributed by atoms with van der Waals surface area (Å²) in [5.74, 6) is -5.65. The van der Waals surface area contributed by atoms with Gasteiger partial charge in [-0.2, -0.15) is 13.2 Å². The van der Waals surface area contributed by atoms with E-state index < -0.39 is 47.4 Å². The number of carbonyl (C=O) groups is 1. The maximum absolute atomic E-state index is 13.4. The van der Waals surface area contributed by atoms with Crippen molar-refractivity contribution in [3.8, 4) is 5.75 Å². The van der Waals surface area contributed by atoms with Gasteiger partial charge in [-0.05, 0) is 36.4 Å². The Labute approximate surface area is 131 Å². The number of ether oxygens (including phenoxy) is 1. The van der Waals surface area contributed by atoms with E-state index >= 15 is 0 Å². The quantitative estimate of drug-likeness (QED) is 0.666. The number of nitrogens with one attached hydrogen (secondary N) is 1. The van der Waals surface area contributed by atoms with E-state index in [9.17, 15) is 31.1 Å². The Balaban J connectivity index is 1.95. The summed E-state index contributed by atoms with van der Waals surface area (Å²) in [6.07, 6.45) is -4.50. The van der Waals surface area contributed by atoms with Gasteiger partial charge in [-0.3, -0.25) is 4.79 Å². The predicted molar refractivity (Wildman–Crippen MR) is 71.9 cm³/mol. The molecule has 0 saturated carbocycles. The van der Waals surface area contributed by atoms with Crippen molar-refractivity contribution in [1.82, 2.24) is 0 Å². The van der Waals surface area contributed by atoms with Crippen LogP contribution in [0.15, 0.2) is 36.4 Å². The van der Waals surface area contributed by atoms with Crippen LogP contribution >= 0.6 is 0 Å². The molecule has 0 aliphatic carbocycles. The van der Waals surface area contributed by atoms with E-state index in [1.165, 1.54) is 0 Å². The van der Waals surface area contributed by atoms with Crippen LogP contribution < -0.4 is 10.1 Å². The molecular formula is C15H9F6NO2. The zero-order valence-corrected chi connectivity index (χ0v) is 11.8. The highest BCUT2D eigenvalue weighted by atomic mass is 19.4. The van der Waals surface area contributed by atoms with Gasteiger partial charge in [0.2, 0.25) is 0 Å². The Kier molecular flexibility index (Phi) is 5.01. The maximum Gasteiger partial charge on any atom is 0.416 e. The van der Waals surface area contributed by atoms with Crippen LogP contribution in [0.5, 0.6) is 5.75 Å². The van der Waals surface area contributed by atoms with Gasteiger partial charge in [0.25, 0.3) is 5.91 Å². The molecule has 0 unspecified atom stereocenters. The molecule has 1 amide bonds. The average molecular weight is 349 g/mol. The van der Waals surface area contributed by atoms with E-state index in [0.717, 1.165) is 30.3 Å². The molecule has 128 valence electrons. The molecule has 3 nitrogen and oxygen atoms in total. The number of alkyl halides is 3. The first-order chi connectivity index (χ1) is 11.2. The number of halogens is 6. The van der Waals surface area contributed by atoms with Gasteiger partial charge in [0.15, 0.2) is 24.1 Å². The van der Waals surface area contributed by atoms with Crippen molar-refractivity contribution in [2.75, 3.05) is 11.9 Å². The van der Waals surface area contributed by atoms with E-state index in [1.54, 1.807) is 0 Å². The molecule has 2 aromatic rings. The number of anilines is 1. The van der Waals surface area contributed by atoms with Crippen LogP contribution in [0, 0.1) is 17.5 Å². The Hall–Kier alpha value is -2.71. The number of benzene rings is 2. The van der Waals surface area contributed by atoms with Crippen LogP contribution in [0.4, 0.5) is 32.0 Å². The SMILES string of the molecule is O=C(COc1ccc(C(F)(F)F)cc1)Nc1ccc(F)c(F)c1F. The monoisotopic (exact) mass is 349 g/mol. The molecule has 9 heteroatoms. The molecule has 2 rings (SSSR count). The Morgan fingerprint density at radius 3 is 2.17 bits per heavy atom. The van der Waals surface area contributed by atoms with Gasteiger partial charge in [0, 0.05) is 0 Å². The van der Waals surface area contributed by atoms with Crippen molar-refractivity contribution in [1.29, 1.82) is 0 Å². The summed E-state index contributed by atoms with van der Waals surface area (Å²) in [6, 6.07) is 5.00. The lowest BCUT2D eigenvalue weighted by atomic mass is 10.2. The second-order valence-electron chi connectivity index (χ2n) is 4.58. The minimum atomic E-state index is -4.50. The summed E-state index contributed by atoms with van der Waals surface area (Å²) in [4.78, 5) is 11.6. The predicted octanol–water partition coefficient (Wildman–Crippen LogP) is 4.14. The first kappa shape index (κ1) is 17.6. The number of amides is 1. The molecule has 0 spiro atoms. The zero-order valence-electron chi connectivity index (χ0n) is 11.8. The van der Waals surface area contributed by atoms with E-state index in [2.05, 4.69) is 0 Å². The molecule has 0 bridgehead atoms. The maximum atomic E-state index is 13.4. The summed E-state index contributed by atoms with van der Waals surface area (Å²) in [6.45, 7) is -0.663. The van der Waals surface area contributed by atoms with Crippen molar-refractivity contribution < 1.29 is 35.9 Å². The molecule has 24 heavy (non-hydrogen) atoms. The van der Waals surface area contributed by atoms with Crippen molar-refractivity contribution >= 4 is 11.6 Å². The summed E-state index contributed by atoms with van der Waals surface area (Å²) >= 11 is 0. The third-order valence-electron chi connectivity index (χ3n) is 2.86. The second kappa shape index (κ2) is 6.81. The molecule has 0 aromatic heterocycles. The molecule has 0 fully saturated rings. The van der Waals surface area contributed by atoms with Crippen LogP contribution in [0.2, 0.25) is 0 Å². The van der Waals surface area contributed by atoms with Crippen LogP contribution in [0.1, 0.15) is 5.56 Å². The summed E-state index contributed by atoms with van der Waals surface area (Å²) < 4.78 is 81.2. The second-order valence-corrected chi connectivity index (χ2v) is 4.58. The highest BCUT2D eigenvalue weighted by Gasteiger charge is 2.30. The minimum Gasteiger partial charge on any atom is -0.484 e. The molecule has 0 saturated heterocycles. The van der Waals surface area contributed by atoms with E-state index in [0.29, 0.717) is 6.07 Å². The van der Waals surface area contributed by atoms with Gasteiger partial charge in [0.05, 0.1) is 11.3 Å². The average Bonchev–Trinajstić information content (AvgIpc) is 2.53. The zero-order chi connectivity index (χ0) is 17.9. The Morgan fingerprint density at radius 1 is 0.958 bits per heavy atom. The fourth-order valence-electron chi connectivity index (χ4n) is 1.70. The van der Waals surface area contributed by atoms with Crippen molar-refractivity contribution in [3.05, 3.63) is 59.4 Å². The Morgan fingerprint density at radius 2 is 1.58 bits per heavy atom. The van der Waals surface area contributed by atoms with Crippen molar-refractivity contribution in [2.24, 2.45) is 0 Å². The van der Waals surface area contributed by atoms with Gasteiger partial charge in [-0.25, -0.2) is 13.2 Å². The van der Waals surface area contributed by atoms with Crippen LogP contribution in [-0.4, -0.2) is 12.5 Å². The highest BCUT2D eigenvalue weighted by molar-refractivity contribution is 5.92. The van der Waals surface area contributed by atoms with Crippen LogP contribution in [-0.2, 0) is 11.0 Å². The molecule has 0 atom stereocenters. The van der Waals surface area contributed by atoms with Crippen molar-refractivity contribution in [2.45, 2.75) is 6.18 Å². The minimum absolute atomic E-state index is 0.0242. The smallest absolute Gasteiger partial charge is 0.416 e. The van der Waals surface area contributed by atoms with E-state index in [-0.39, 0.29) is 5.75 Å². The van der Waals surface area contributed by atoms with E-state index in [1.807, 2.05) is 5.32 Å². The normalized spacial score (nSPS) is 11.2. The van der Waals surface area contributed by atoms with Crippen LogP contribution in [0.3, 0.4) is 0 Å². The third-order valence-corrected chi connectivity index (χ3v) is 2.86. The summed E-state index contributed by atoms with van der Waals surface area (Å²) in [5, 5.41) is 1.96. The fraction of sp³-hybridized carbons (Fsp3) is 0.133. The number of hydrogen-bond acceptors (Lipinski definition) is 2. The van der Waals surface area contributed by atoms with Gasteiger partial charge in [-0.15, -0.1) is 0 Å². The lowest BCUT2D eigenvalue weighted by Gasteiger charge is -2.10. The van der Waals surface area contributed by atoms with Crippen LogP contribution in [0.25, 0.3) is 0 Å². The summed E-state index contributed by atoms with van der Waals surface area (Å²) in [7, 11) is 0. The molecule has 1 N–H and O–H groups in total. The first-order valence-corrected chi connectivity index (χ1v) is 6.42. The van der Waals surface area contributed by atoms with Gasteiger partial charge in [-0.1, -0.05) is 0 Å². The number of hydrogen-bond donors (Lipinski definition) is 1. The van der Waals surface area contributed by atoms with Crippen molar-refractivity contribution in [3.63, 3.8) is 0 Å².